The number of rotatable bonds is 2. The predicted octanol–water partition coefficient (Wildman–Crippen LogP) is 4.55. The second-order valence-corrected chi connectivity index (χ2v) is 6.67. The third-order valence-corrected chi connectivity index (χ3v) is 5.20. The molecule has 1 saturated carbocycles. The molecule has 1 aliphatic carbocycles. The van der Waals surface area contributed by atoms with Gasteiger partial charge in [-0.2, -0.15) is 0 Å². The Labute approximate surface area is 125 Å². The number of hydrogen-bond donors (Lipinski definition) is 1. The Kier molecular flexibility index (Phi) is 2.43. The van der Waals surface area contributed by atoms with Crippen molar-refractivity contribution < 1.29 is 8.83 Å². The third-order valence-electron chi connectivity index (χ3n) is 4.42. The zero-order valence-corrected chi connectivity index (χ0v) is 13.1. The first kappa shape index (κ1) is 12.5. The maximum atomic E-state index is 6.05. The van der Waals surface area contributed by atoms with Gasteiger partial charge < -0.3 is 14.6 Å². The van der Waals surface area contributed by atoms with Gasteiger partial charge in [-0.1, -0.05) is 0 Å². The van der Waals surface area contributed by atoms with Crippen molar-refractivity contribution >= 4 is 37.9 Å². The van der Waals surface area contributed by atoms with Gasteiger partial charge in [-0.3, -0.25) is 0 Å². The second-order valence-electron chi connectivity index (χ2n) is 5.87. The average Bonchev–Trinajstić information content (AvgIpc) is 2.95. The van der Waals surface area contributed by atoms with E-state index in [-0.39, 0.29) is 5.41 Å². The summed E-state index contributed by atoms with van der Waals surface area (Å²) in [6.07, 6.45) is 2.25. The van der Waals surface area contributed by atoms with Gasteiger partial charge in [-0.25, -0.2) is 0 Å². The molecule has 3 aromatic rings. The van der Waals surface area contributed by atoms with E-state index < -0.39 is 0 Å². The van der Waals surface area contributed by atoms with Crippen molar-refractivity contribution in [3.63, 3.8) is 0 Å². The van der Waals surface area contributed by atoms with Crippen molar-refractivity contribution in [2.24, 2.45) is 5.73 Å². The number of hydrogen-bond acceptors (Lipinski definition) is 3. The first-order chi connectivity index (χ1) is 9.55. The highest BCUT2D eigenvalue weighted by molar-refractivity contribution is 9.10. The van der Waals surface area contributed by atoms with E-state index in [9.17, 15) is 0 Å². The van der Waals surface area contributed by atoms with Crippen LogP contribution in [-0.2, 0) is 5.41 Å². The van der Waals surface area contributed by atoms with Crippen LogP contribution < -0.4 is 5.73 Å². The van der Waals surface area contributed by atoms with Crippen molar-refractivity contribution in [1.29, 1.82) is 0 Å². The van der Waals surface area contributed by atoms with Crippen molar-refractivity contribution in [2.45, 2.75) is 32.1 Å². The highest BCUT2D eigenvalue weighted by Gasteiger charge is 2.46. The summed E-state index contributed by atoms with van der Waals surface area (Å²) in [6, 6.07) is 4.16. The van der Waals surface area contributed by atoms with Crippen LogP contribution in [0.25, 0.3) is 21.9 Å². The molecule has 3 nitrogen and oxygen atoms in total. The molecule has 0 saturated heterocycles. The Balaban J connectivity index is 2.23. The van der Waals surface area contributed by atoms with E-state index in [1.165, 1.54) is 5.56 Å². The number of halogens is 1. The fourth-order valence-electron chi connectivity index (χ4n) is 3.20. The van der Waals surface area contributed by atoms with Gasteiger partial charge in [0.05, 0.1) is 4.47 Å². The van der Waals surface area contributed by atoms with Crippen molar-refractivity contribution in [2.75, 3.05) is 6.54 Å². The summed E-state index contributed by atoms with van der Waals surface area (Å²) in [6.45, 7) is 4.61. The molecule has 0 spiro atoms. The minimum atomic E-state index is 0.0673. The Morgan fingerprint density at radius 2 is 1.70 bits per heavy atom. The molecule has 0 unspecified atom stereocenters. The standard InChI is InChI=1S/C16H16BrNO2/c1-8-5-10-12(16(7-18)3-4-16)14-11(6-9(2)19-14)13(17)15(10)20-8/h5-6H,3-4,7,18H2,1-2H3. The topological polar surface area (TPSA) is 52.3 Å². The van der Waals surface area contributed by atoms with Crippen LogP contribution >= 0.6 is 15.9 Å². The highest BCUT2D eigenvalue weighted by Crippen LogP contribution is 2.54. The van der Waals surface area contributed by atoms with Crippen LogP contribution in [-0.4, -0.2) is 6.54 Å². The van der Waals surface area contributed by atoms with Crippen molar-refractivity contribution in [1.82, 2.24) is 0 Å². The number of furan rings is 2. The van der Waals surface area contributed by atoms with Gasteiger partial charge in [-0.15, -0.1) is 0 Å². The molecule has 1 aliphatic rings. The molecule has 4 heteroatoms. The van der Waals surface area contributed by atoms with Crippen LogP contribution in [0.5, 0.6) is 0 Å². The second kappa shape index (κ2) is 3.89. The van der Waals surface area contributed by atoms with Crippen LogP contribution in [0.15, 0.2) is 25.4 Å². The first-order valence-electron chi connectivity index (χ1n) is 6.88. The van der Waals surface area contributed by atoms with E-state index in [0.29, 0.717) is 6.54 Å². The van der Waals surface area contributed by atoms with Gasteiger partial charge in [0.2, 0.25) is 0 Å². The Morgan fingerprint density at radius 3 is 2.30 bits per heavy atom. The van der Waals surface area contributed by atoms with Crippen molar-refractivity contribution in [3.05, 3.63) is 33.7 Å². The van der Waals surface area contributed by atoms with E-state index in [1.807, 2.05) is 13.8 Å². The fourth-order valence-corrected chi connectivity index (χ4v) is 3.79. The summed E-state index contributed by atoms with van der Waals surface area (Å²) >= 11 is 3.67. The SMILES string of the molecule is Cc1cc2c(C3(CN)CC3)c3oc(C)cc3c(Br)c2o1. The molecule has 104 valence electrons. The van der Waals surface area contributed by atoms with Crippen LogP contribution in [0.1, 0.15) is 29.9 Å². The quantitative estimate of drug-likeness (QED) is 0.748. The highest BCUT2D eigenvalue weighted by atomic mass is 79.9. The lowest BCUT2D eigenvalue weighted by atomic mass is 9.91. The molecular weight excluding hydrogens is 318 g/mol. The fraction of sp³-hybridized carbons (Fsp3) is 0.375. The van der Waals surface area contributed by atoms with Gasteiger partial charge in [0, 0.05) is 28.3 Å². The monoisotopic (exact) mass is 333 g/mol. The maximum absolute atomic E-state index is 6.05. The molecule has 0 bridgehead atoms. The van der Waals surface area contributed by atoms with Crippen LogP contribution in [0.3, 0.4) is 0 Å². The molecule has 1 fully saturated rings. The van der Waals surface area contributed by atoms with Crippen LogP contribution in [0.2, 0.25) is 0 Å². The lowest BCUT2D eigenvalue weighted by Gasteiger charge is -2.15. The van der Waals surface area contributed by atoms with E-state index in [0.717, 1.165) is 50.8 Å². The van der Waals surface area contributed by atoms with Gasteiger partial charge in [0.15, 0.2) is 0 Å². The van der Waals surface area contributed by atoms with Gasteiger partial charge in [0.25, 0.3) is 0 Å². The number of benzene rings is 1. The summed E-state index contributed by atoms with van der Waals surface area (Å²) in [7, 11) is 0. The van der Waals surface area contributed by atoms with E-state index in [4.69, 9.17) is 14.6 Å². The predicted molar refractivity (Wildman–Crippen MR) is 83.1 cm³/mol. The summed E-state index contributed by atoms with van der Waals surface area (Å²) in [5.41, 5.74) is 9.22. The molecule has 2 N–H and O–H groups in total. The molecular formula is C16H16BrNO2. The summed E-state index contributed by atoms with van der Waals surface area (Å²) in [4.78, 5) is 0. The van der Waals surface area contributed by atoms with E-state index in [2.05, 4.69) is 28.1 Å². The minimum Gasteiger partial charge on any atom is -0.461 e. The Hall–Kier alpha value is -1.26. The largest absolute Gasteiger partial charge is 0.461 e. The zero-order valence-electron chi connectivity index (χ0n) is 11.5. The number of nitrogens with two attached hydrogens (primary N) is 1. The summed E-state index contributed by atoms with van der Waals surface area (Å²) in [5, 5.41) is 2.22. The van der Waals surface area contributed by atoms with Crippen molar-refractivity contribution in [3.8, 4) is 0 Å². The minimum absolute atomic E-state index is 0.0673. The zero-order chi connectivity index (χ0) is 14.1. The molecule has 0 atom stereocenters. The summed E-state index contributed by atoms with van der Waals surface area (Å²) in [5.74, 6) is 1.83. The smallest absolute Gasteiger partial charge is 0.149 e. The average molecular weight is 334 g/mol. The molecule has 20 heavy (non-hydrogen) atoms. The van der Waals surface area contributed by atoms with Crippen LogP contribution in [0, 0.1) is 13.8 Å². The lowest BCUT2D eigenvalue weighted by Crippen LogP contribution is -2.20. The van der Waals surface area contributed by atoms with E-state index >= 15 is 0 Å². The molecule has 2 heterocycles. The Bertz CT molecular complexity index is 782. The van der Waals surface area contributed by atoms with Gasteiger partial charge >= 0.3 is 0 Å². The number of fused-ring (bicyclic) bond motifs is 2. The maximum Gasteiger partial charge on any atom is 0.149 e. The van der Waals surface area contributed by atoms with Gasteiger partial charge in [-0.05, 0) is 54.8 Å². The molecule has 4 rings (SSSR count). The lowest BCUT2D eigenvalue weighted by molar-refractivity contribution is 0.564. The summed E-state index contributed by atoms with van der Waals surface area (Å²) < 4.78 is 12.9. The molecule has 0 aliphatic heterocycles. The van der Waals surface area contributed by atoms with Gasteiger partial charge in [0.1, 0.15) is 22.7 Å². The first-order valence-corrected chi connectivity index (χ1v) is 7.67. The molecule has 0 radical (unpaired) electrons. The molecule has 1 aromatic carbocycles. The van der Waals surface area contributed by atoms with E-state index in [1.54, 1.807) is 0 Å². The van der Waals surface area contributed by atoms with Crippen LogP contribution in [0.4, 0.5) is 0 Å². The number of aryl methyl sites for hydroxylation is 2. The Morgan fingerprint density at radius 1 is 1.10 bits per heavy atom. The molecule has 2 aromatic heterocycles. The molecule has 0 amide bonds. The third kappa shape index (κ3) is 1.49. The normalized spacial score (nSPS) is 17.2.